The van der Waals surface area contributed by atoms with Crippen LogP contribution in [0.25, 0.3) is 0 Å². The molecule has 5 heteroatoms. The first-order valence-electron chi connectivity index (χ1n) is 6.38. The molecule has 20 heavy (non-hydrogen) atoms. The maximum Gasteiger partial charge on any atom is 0.253 e. The normalized spacial score (nSPS) is 16.9. The fraction of sp³-hybridized carbons (Fsp3) is 0.200. The van der Waals surface area contributed by atoms with Gasteiger partial charge in [-0.05, 0) is 34.1 Å². The van der Waals surface area contributed by atoms with Crippen LogP contribution in [0.1, 0.15) is 28.4 Å². The van der Waals surface area contributed by atoms with Gasteiger partial charge in [0.15, 0.2) is 0 Å². The predicted octanol–water partition coefficient (Wildman–Crippen LogP) is 3.10. The maximum absolute atomic E-state index is 12.2. The summed E-state index contributed by atoms with van der Waals surface area (Å²) in [6.45, 7) is 0.591. The molecule has 0 saturated heterocycles. The lowest BCUT2D eigenvalue weighted by atomic mass is 10.0. The minimum Gasteiger partial charge on any atom is -0.492 e. The number of halogens is 1. The lowest BCUT2D eigenvalue weighted by molar-refractivity contribution is 0.0924. The number of hydrogen-bond donors (Lipinski definition) is 1. The van der Waals surface area contributed by atoms with E-state index >= 15 is 0 Å². The van der Waals surface area contributed by atoms with Crippen LogP contribution in [0.4, 0.5) is 0 Å². The SMILES string of the molecule is O=C(NC1CCOc2c(Br)cccc21)c1cccnc1. The third-order valence-electron chi connectivity index (χ3n) is 3.25. The van der Waals surface area contributed by atoms with E-state index in [-0.39, 0.29) is 11.9 Å². The van der Waals surface area contributed by atoms with E-state index in [4.69, 9.17) is 4.74 Å². The number of carbonyl (C=O) groups is 1. The molecular formula is C15H13BrN2O2. The van der Waals surface area contributed by atoms with Crippen molar-refractivity contribution in [3.05, 3.63) is 58.3 Å². The summed E-state index contributed by atoms with van der Waals surface area (Å²) < 4.78 is 6.57. The van der Waals surface area contributed by atoms with Crippen molar-refractivity contribution in [1.82, 2.24) is 10.3 Å². The Hall–Kier alpha value is -1.88. The number of para-hydroxylation sites is 1. The van der Waals surface area contributed by atoms with Crippen LogP contribution in [0, 0.1) is 0 Å². The van der Waals surface area contributed by atoms with Gasteiger partial charge in [-0.25, -0.2) is 0 Å². The monoisotopic (exact) mass is 332 g/mol. The zero-order valence-corrected chi connectivity index (χ0v) is 12.3. The van der Waals surface area contributed by atoms with Crippen molar-refractivity contribution < 1.29 is 9.53 Å². The number of carbonyl (C=O) groups excluding carboxylic acids is 1. The fourth-order valence-corrected chi connectivity index (χ4v) is 2.77. The molecule has 0 radical (unpaired) electrons. The van der Waals surface area contributed by atoms with Crippen LogP contribution >= 0.6 is 15.9 Å². The molecule has 4 nitrogen and oxygen atoms in total. The summed E-state index contributed by atoms with van der Waals surface area (Å²) in [6.07, 6.45) is 3.98. The van der Waals surface area contributed by atoms with E-state index in [1.807, 2.05) is 18.2 Å². The maximum atomic E-state index is 12.2. The van der Waals surface area contributed by atoms with E-state index < -0.39 is 0 Å². The molecular weight excluding hydrogens is 320 g/mol. The summed E-state index contributed by atoms with van der Waals surface area (Å²) in [5, 5.41) is 3.04. The molecule has 102 valence electrons. The molecule has 2 aromatic rings. The van der Waals surface area contributed by atoms with E-state index in [1.165, 1.54) is 0 Å². The number of ether oxygens (including phenoxy) is 1. The van der Waals surface area contributed by atoms with Crippen LogP contribution in [0.3, 0.4) is 0 Å². The van der Waals surface area contributed by atoms with Gasteiger partial charge in [-0.3, -0.25) is 9.78 Å². The topological polar surface area (TPSA) is 51.2 Å². The van der Waals surface area contributed by atoms with E-state index in [0.717, 1.165) is 22.2 Å². The average molecular weight is 333 g/mol. The van der Waals surface area contributed by atoms with Crippen LogP contribution in [-0.2, 0) is 0 Å². The molecule has 0 saturated carbocycles. The summed E-state index contributed by atoms with van der Waals surface area (Å²) in [5.41, 5.74) is 1.57. The Balaban J connectivity index is 1.84. The number of rotatable bonds is 2. The molecule has 1 aromatic heterocycles. The minimum atomic E-state index is -0.115. The van der Waals surface area contributed by atoms with Gasteiger partial charge in [-0.15, -0.1) is 0 Å². The lowest BCUT2D eigenvalue weighted by Crippen LogP contribution is -2.32. The van der Waals surface area contributed by atoms with Gasteiger partial charge in [-0.2, -0.15) is 0 Å². The second-order valence-corrected chi connectivity index (χ2v) is 5.42. The quantitative estimate of drug-likeness (QED) is 0.919. The number of pyridine rings is 1. The zero-order valence-electron chi connectivity index (χ0n) is 10.7. The third-order valence-corrected chi connectivity index (χ3v) is 3.88. The average Bonchev–Trinajstić information content (AvgIpc) is 2.49. The van der Waals surface area contributed by atoms with Gasteiger partial charge in [0.1, 0.15) is 5.75 Å². The molecule has 2 heterocycles. The highest BCUT2D eigenvalue weighted by Gasteiger charge is 2.24. The molecule has 1 aliphatic heterocycles. The molecule has 1 atom stereocenters. The van der Waals surface area contributed by atoms with Crippen molar-refractivity contribution in [2.75, 3.05) is 6.61 Å². The number of hydrogen-bond acceptors (Lipinski definition) is 3. The Kier molecular flexibility index (Phi) is 3.69. The highest BCUT2D eigenvalue weighted by atomic mass is 79.9. The van der Waals surface area contributed by atoms with Crippen LogP contribution in [0.5, 0.6) is 5.75 Å². The summed E-state index contributed by atoms with van der Waals surface area (Å²) in [4.78, 5) is 16.2. The van der Waals surface area contributed by atoms with E-state index in [2.05, 4.69) is 26.2 Å². The van der Waals surface area contributed by atoms with Crippen molar-refractivity contribution in [3.8, 4) is 5.75 Å². The molecule has 1 unspecified atom stereocenters. The van der Waals surface area contributed by atoms with Crippen LogP contribution in [0.15, 0.2) is 47.2 Å². The van der Waals surface area contributed by atoms with Crippen molar-refractivity contribution >= 4 is 21.8 Å². The van der Waals surface area contributed by atoms with Gasteiger partial charge in [0.05, 0.1) is 22.7 Å². The Morgan fingerprint density at radius 2 is 2.25 bits per heavy atom. The van der Waals surface area contributed by atoms with Crippen molar-refractivity contribution in [2.24, 2.45) is 0 Å². The number of amides is 1. The first-order chi connectivity index (χ1) is 9.75. The second kappa shape index (κ2) is 5.63. The highest BCUT2D eigenvalue weighted by molar-refractivity contribution is 9.10. The van der Waals surface area contributed by atoms with Crippen LogP contribution in [-0.4, -0.2) is 17.5 Å². The molecule has 1 aromatic carbocycles. The van der Waals surface area contributed by atoms with Gasteiger partial charge in [0.25, 0.3) is 5.91 Å². The van der Waals surface area contributed by atoms with Gasteiger partial charge in [-0.1, -0.05) is 12.1 Å². The lowest BCUT2D eigenvalue weighted by Gasteiger charge is -2.27. The minimum absolute atomic E-state index is 0.0380. The molecule has 3 rings (SSSR count). The summed E-state index contributed by atoms with van der Waals surface area (Å²) >= 11 is 3.47. The van der Waals surface area contributed by atoms with Crippen molar-refractivity contribution in [2.45, 2.75) is 12.5 Å². The second-order valence-electron chi connectivity index (χ2n) is 4.56. The standard InChI is InChI=1S/C15H13BrN2O2/c16-12-5-1-4-11-13(6-8-20-14(11)12)18-15(19)10-3-2-7-17-9-10/h1-5,7,9,13H,6,8H2,(H,18,19). The molecule has 0 bridgehead atoms. The van der Waals surface area contributed by atoms with Gasteiger partial charge in [0.2, 0.25) is 0 Å². The Morgan fingerprint density at radius 3 is 3.05 bits per heavy atom. The Labute approximate surface area is 125 Å². The Morgan fingerprint density at radius 1 is 1.35 bits per heavy atom. The third kappa shape index (κ3) is 2.54. The fourth-order valence-electron chi connectivity index (χ4n) is 2.28. The van der Waals surface area contributed by atoms with E-state index in [9.17, 15) is 4.79 Å². The van der Waals surface area contributed by atoms with Crippen molar-refractivity contribution in [3.63, 3.8) is 0 Å². The van der Waals surface area contributed by atoms with Gasteiger partial charge in [0, 0.05) is 24.4 Å². The molecule has 0 spiro atoms. The molecule has 0 fully saturated rings. The first kappa shape index (κ1) is 13.1. The number of aromatic nitrogens is 1. The summed E-state index contributed by atoms with van der Waals surface area (Å²) in [5.74, 6) is 0.700. The van der Waals surface area contributed by atoms with E-state index in [1.54, 1.807) is 24.5 Å². The van der Waals surface area contributed by atoms with Gasteiger partial charge < -0.3 is 10.1 Å². The Bertz CT molecular complexity index is 631. The van der Waals surface area contributed by atoms with E-state index in [0.29, 0.717) is 12.2 Å². The summed E-state index contributed by atoms with van der Waals surface area (Å²) in [7, 11) is 0. The summed E-state index contributed by atoms with van der Waals surface area (Å²) in [6, 6.07) is 9.33. The molecule has 1 aliphatic rings. The molecule has 1 N–H and O–H groups in total. The van der Waals surface area contributed by atoms with Crippen molar-refractivity contribution in [1.29, 1.82) is 0 Å². The van der Waals surface area contributed by atoms with Crippen LogP contribution < -0.4 is 10.1 Å². The molecule has 0 aliphatic carbocycles. The van der Waals surface area contributed by atoms with Crippen LogP contribution in [0.2, 0.25) is 0 Å². The number of nitrogens with one attached hydrogen (secondary N) is 1. The highest BCUT2D eigenvalue weighted by Crippen LogP contribution is 2.37. The predicted molar refractivity (Wildman–Crippen MR) is 78.7 cm³/mol. The number of benzene rings is 1. The van der Waals surface area contributed by atoms with Gasteiger partial charge >= 0.3 is 0 Å². The number of fused-ring (bicyclic) bond motifs is 1. The smallest absolute Gasteiger partial charge is 0.253 e. The largest absolute Gasteiger partial charge is 0.492 e. The zero-order chi connectivity index (χ0) is 13.9. The first-order valence-corrected chi connectivity index (χ1v) is 7.17. The molecule has 1 amide bonds. The number of nitrogens with zero attached hydrogens (tertiary/aromatic N) is 1.